The summed E-state index contributed by atoms with van der Waals surface area (Å²) in [6, 6.07) is 3.61. The van der Waals surface area contributed by atoms with Gasteiger partial charge in [0.25, 0.3) is 5.92 Å². The number of carbonyl (C=O) groups excluding carboxylic acids is 1. The van der Waals surface area contributed by atoms with Crippen molar-refractivity contribution in [1.29, 1.82) is 0 Å². The molecule has 4 rings (SSSR count). The fraction of sp³-hybridized carbons (Fsp3) is 0.524. The molecule has 0 aliphatic carbocycles. The Hall–Kier alpha value is -2.55. The Labute approximate surface area is 172 Å². The first kappa shape index (κ1) is 20.7. The first-order chi connectivity index (χ1) is 14.2. The average molecular weight is 422 g/mol. The summed E-state index contributed by atoms with van der Waals surface area (Å²) in [6.07, 6.45) is 0.226. The van der Waals surface area contributed by atoms with E-state index >= 15 is 0 Å². The Balaban J connectivity index is 1.62. The number of rotatable bonds is 2. The number of aromatic nitrogens is 2. The number of carbonyl (C=O) groups is 1. The number of aryl methyl sites for hydroxylation is 1. The normalized spacial score (nSPS) is 22.8. The van der Waals surface area contributed by atoms with Crippen LogP contribution >= 0.6 is 0 Å². The quantitative estimate of drug-likeness (QED) is 0.773. The van der Waals surface area contributed by atoms with E-state index in [-0.39, 0.29) is 56.0 Å². The van der Waals surface area contributed by atoms with Crippen LogP contribution in [0.1, 0.15) is 42.3 Å². The second kappa shape index (κ2) is 7.61. The third-order valence-corrected chi connectivity index (χ3v) is 6.06. The fourth-order valence-electron chi connectivity index (χ4n) is 4.31. The van der Waals surface area contributed by atoms with Gasteiger partial charge in [-0.3, -0.25) is 4.68 Å². The molecule has 0 saturated heterocycles. The van der Waals surface area contributed by atoms with E-state index in [9.17, 15) is 23.1 Å². The van der Waals surface area contributed by atoms with Gasteiger partial charge in [-0.1, -0.05) is 0 Å². The fourth-order valence-corrected chi connectivity index (χ4v) is 4.31. The number of hydrogen-bond acceptors (Lipinski definition) is 3. The SMILES string of the molecule is Cc1cc(NC(=O)N2Cc3c(nn4c3C(F)(F)CC[C@@H](CO)C4)C[C@H]2C)ccc1F. The molecule has 1 aromatic heterocycles. The van der Waals surface area contributed by atoms with Gasteiger partial charge in [-0.2, -0.15) is 13.9 Å². The number of fused-ring (bicyclic) bond motifs is 3. The molecule has 6 nitrogen and oxygen atoms in total. The van der Waals surface area contributed by atoms with E-state index in [4.69, 9.17) is 0 Å². The van der Waals surface area contributed by atoms with Crippen molar-refractivity contribution in [3.8, 4) is 0 Å². The highest BCUT2D eigenvalue weighted by molar-refractivity contribution is 5.89. The number of aliphatic hydroxyl groups is 1. The number of anilines is 1. The van der Waals surface area contributed by atoms with Crippen molar-refractivity contribution in [3.63, 3.8) is 0 Å². The molecule has 2 aliphatic heterocycles. The predicted molar refractivity (Wildman–Crippen MR) is 105 cm³/mol. The summed E-state index contributed by atoms with van der Waals surface area (Å²) >= 11 is 0. The summed E-state index contributed by atoms with van der Waals surface area (Å²) in [6.45, 7) is 3.55. The molecule has 30 heavy (non-hydrogen) atoms. The molecule has 0 unspecified atom stereocenters. The standard InChI is InChI=1S/C21H25F3N4O2/c1-12-7-15(3-4-17(12)22)25-20(30)27-10-16-18(8-13(27)2)26-28-9-14(11-29)5-6-21(23,24)19(16)28/h3-4,7,13-14,29H,5-6,8-11H2,1-2H3,(H,25,30)/t13-,14-/m1/s1. The number of benzene rings is 1. The van der Waals surface area contributed by atoms with Gasteiger partial charge in [0.15, 0.2) is 0 Å². The predicted octanol–water partition coefficient (Wildman–Crippen LogP) is 3.80. The molecule has 162 valence electrons. The summed E-state index contributed by atoms with van der Waals surface area (Å²) < 4.78 is 44.7. The number of nitrogens with zero attached hydrogens (tertiary/aromatic N) is 3. The number of nitrogens with one attached hydrogen (secondary N) is 1. The maximum absolute atomic E-state index is 14.9. The highest BCUT2D eigenvalue weighted by atomic mass is 19.3. The topological polar surface area (TPSA) is 70.4 Å². The Bertz CT molecular complexity index is 975. The van der Waals surface area contributed by atoms with Gasteiger partial charge in [0.1, 0.15) is 11.5 Å². The number of aliphatic hydroxyl groups excluding tert-OH is 1. The van der Waals surface area contributed by atoms with Crippen LogP contribution in [0.15, 0.2) is 18.2 Å². The Kier molecular flexibility index (Phi) is 5.25. The van der Waals surface area contributed by atoms with Crippen LogP contribution in [0.3, 0.4) is 0 Å². The number of urea groups is 1. The van der Waals surface area contributed by atoms with E-state index in [0.29, 0.717) is 28.9 Å². The Morgan fingerprint density at radius 2 is 2.17 bits per heavy atom. The lowest BCUT2D eigenvalue weighted by Crippen LogP contribution is -2.45. The molecule has 0 bridgehead atoms. The van der Waals surface area contributed by atoms with Crippen LogP contribution in [-0.2, 0) is 25.4 Å². The molecular weight excluding hydrogens is 397 g/mol. The van der Waals surface area contributed by atoms with Gasteiger partial charge in [0.05, 0.1) is 12.2 Å². The number of amides is 2. The highest BCUT2D eigenvalue weighted by Crippen LogP contribution is 2.42. The molecule has 9 heteroatoms. The number of halogens is 3. The lowest BCUT2D eigenvalue weighted by molar-refractivity contribution is -0.0227. The van der Waals surface area contributed by atoms with E-state index in [2.05, 4.69) is 10.4 Å². The zero-order valence-corrected chi connectivity index (χ0v) is 17.0. The van der Waals surface area contributed by atoms with Crippen LogP contribution < -0.4 is 5.32 Å². The first-order valence-corrected chi connectivity index (χ1v) is 10.1. The van der Waals surface area contributed by atoms with Crippen LogP contribution in [-0.4, -0.2) is 38.5 Å². The molecule has 3 heterocycles. The molecule has 2 aromatic rings. The van der Waals surface area contributed by atoms with E-state index in [1.165, 1.54) is 27.8 Å². The van der Waals surface area contributed by atoms with Gasteiger partial charge >= 0.3 is 6.03 Å². The number of alkyl halides is 2. The van der Waals surface area contributed by atoms with E-state index in [1.807, 2.05) is 6.92 Å². The summed E-state index contributed by atoms with van der Waals surface area (Å²) in [5, 5.41) is 16.6. The van der Waals surface area contributed by atoms with Gasteiger partial charge in [0, 0.05) is 49.2 Å². The van der Waals surface area contributed by atoms with Crippen molar-refractivity contribution < 1.29 is 23.1 Å². The smallest absolute Gasteiger partial charge is 0.322 e. The van der Waals surface area contributed by atoms with Gasteiger partial charge in [-0.05, 0) is 44.0 Å². The molecule has 0 fully saturated rings. The average Bonchev–Trinajstić information content (AvgIpc) is 2.98. The van der Waals surface area contributed by atoms with Crippen LogP contribution in [0.25, 0.3) is 0 Å². The minimum absolute atomic E-state index is 0.0250. The highest BCUT2D eigenvalue weighted by Gasteiger charge is 2.44. The lowest BCUT2D eigenvalue weighted by Gasteiger charge is -2.33. The van der Waals surface area contributed by atoms with Crippen molar-refractivity contribution >= 4 is 11.7 Å². The first-order valence-electron chi connectivity index (χ1n) is 10.1. The van der Waals surface area contributed by atoms with Crippen LogP contribution in [0.4, 0.5) is 23.7 Å². The van der Waals surface area contributed by atoms with Gasteiger partial charge in [-0.15, -0.1) is 0 Å². The van der Waals surface area contributed by atoms with Crippen molar-refractivity contribution in [3.05, 3.63) is 46.5 Å². The lowest BCUT2D eigenvalue weighted by atomic mass is 9.96. The maximum atomic E-state index is 14.9. The summed E-state index contributed by atoms with van der Waals surface area (Å²) in [4.78, 5) is 14.4. The van der Waals surface area contributed by atoms with Gasteiger partial charge in [0.2, 0.25) is 0 Å². The molecule has 2 amide bonds. The molecule has 1 aromatic carbocycles. The van der Waals surface area contributed by atoms with Crippen molar-refractivity contribution in [2.24, 2.45) is 5.92 Å². The largest absolute Gasteiger partial charge is 0.396 e. The van der Waals surface area contributed by atoms with Crippen molar-refractivity contribution in [2.75, 3.05) is 11.9 Å². The second-order valence-corrected chi connectivity index (χ2v) is 8.32. The van der Waals surface area contributed by atoms with Crippen LogP contribution in [0.5, 0.6) is 0 Å². The van der Waals surface area contributed by atoms with Crippen LogP contribution in [0, 0.1) is 18.7 Å². The zero-order chi connectivity index (χ0) is 21.6. The number of hydrogen-bond donors (Lipinski definition) is 2. The van der Waals surface area contributed by atoms with E-state index in [0.717, 1.165) is 0 Å². The summed E-state index contributed by atoms with van der Waals surface area (Å²) in [7, 11) is 0. The third kappa shape index (κ3) is 3.66. The molecule has 2 N–H and O–H groups in total. The van der Waals surface area contributed by atoms with Crippen LogP contribution in [0.2, 0.25) is 0 Å². The molecule has 0 spiro atoms. The monoisotopic (exact) mass is 422 g/mol. The molecule has 0 saturated carbocycles. The molecule has 0 radical (unpaired) electrons. The Morgan fingerprint density at radius 1 is 1.40 bits per heavy atom. The van der Waals surface area contributed by atoms with Gasteiger partial charge < -0.3 is 15.3 Å². The van der Waals surface area contributed by atoms with Gasteiger partial charge in [-0.25, -0.2) is 9.18 Å². The molecule has 2 aliphatic rings. The van der Waals surface area contributed by atoms with Crippen molar-refractivity contribution in [1.82, 2.24) is 14.7 Å². The minimum Gasteiger partial charge on any atom is -0.396 e. The third-order valence-electron chi connectivity index (χ3n) is 6.06. The second-order valence-electron chi connectivity index (χ2n) is 8.32. The zero-order valence-electron chi connectivity index (χ0n) is 17.0. The summed E-state index contributed by atoms with van der Waals surface area (Å²) in [5.41, 5.74) is 1.68. The molecular formula is C21H25F3N4O2. The van der Waals surface area contributed by atoms with E-state index < -0.39 is 12.0 Å². The minimum atomic E-state index is -3.07. The summed E-state index contributed by atoms with van der Waals surface area (Å²) in [5.74, 6) is -3.70. The maximum Gasteiger partial charge on any atom is 0.322 e. The van der Waals surface area contributed by atoms with E-state index in [1.54, 1.807) is 6.92 Å². The van der Waals surface area contributed by atoms with Crippen molar-refractivity contribution in [2.45, 2.75) is 58.2 Å². The Morgan fingerprint density at radius 3 is 2.87 bits per heavy atom. The molecule has 2 atom stereocenters.